The highest BCUT2D eigenvalue weighted by Crippen LogP contribution is 2.25. The van der Waals surface area contributed by atoms with E-state index in [9.17, 15) is 9.59 Å². The van der Waals surface area contributed by atoms with Crippen LogP contribution in [0.25, 0.3) is 0 Å². The van der Waals surface area contributed by atoms with E-state index in [1.807, 2.05) is 12.1 Å². The Kier molecular flexibility index (Phi) is 3.85. The van der Waals surface area contributed by atoms with Crippen LogP contribution < -0.4 is 5.73 Å². The maximum absolute atomic E-state index is 12.1. The van der Waals surface area contributed by atoms with Crippen molar-refractivity contribution in [2.75, 3.05) is 13.1 Å². The molecule has 1 aliphatic rings. The Morgan fingerprint density at radius 2 is 1.95 bits per heavy atom. The second-order valence-electron chi connectivity index (χ2n) is 5.00. The number of carboxylic acid groups (broad SMARTS) is 1. The van der Waals surface area contributed by atoms with Gasteiger partial charge in [-0.3, -0.25) is 9.59 Å². The van der Waals surface area contributed by atoms with Gasteiger partial charge in [-0.15, -0.1) is 0 Å². The molecule has 0 aliphatic carbocycles. The predicted molar refractivity (Wildman–Crippen MR) is 70.5 cm³/mol. The number of likely N-dealkylation sites (tertiary alicyclic amines) is 1. The van der Waals surface area contributed by atoms with Crippen LogP contribution in [0, 0.1) is 11.8 Å². The minimum absolute atomic E-state index is 0.0441. The Morgan fingerprint density at radius 1 is 1.37 bits per heavy atom. The lowest BCUT2D eigenvalue weighted by Crippen LogP contribution is -2.53. The Hall–Kier alpha value is -1.88. The van der Waals surface area contributed by atoms with Crippen molar-refractivity contribution in [3.05, 3.63) is 35.4 Å². The highest BCUT2D eigenvalue weighted by molar-refractivity contribution is 5.94. The van der Waals surface area contributed by atoms with Crippen molar-refractivity contribution in [1.82, 2.24) is 4.90 Å². The first-order valence-electron chi connectivity index (χ1n) is 6.34. The third-order valence-corrected chi connectivity index (χ3v) is 3.73. The number of carbonyl (C=O) groups is 2. The number of rotatable bonds is 4. The summed E-state index contributed by atoms with van der Waals surface area (Å²) < 4.78 is 0. The maximum Gasteiger partial charge on any atom is 0.306 e. The summed E-state index contributed by atoms with van der Waals surface area (Å²) in [5.74, 6) is -1.18. The largest absolute Gasteiger partial charge is 0.481 e. The summed E-state index contributed by atoms with van der Waals surface area (Å²) in [4.78, 5) is 24.6. The zero-order valence-corrected chi connectivity index (χ0v) is 10.9. The van der Waals surface area contributed by atoms with Gasteiger partial charge >= 0.3 is 5.97 Å². The zero-order valence-electron chi connectivity index (χ0n) is 10.9. The molecular weight excluding hydrogens is 244 g/mol. The molecule has 1 unspecified atom stereocenters. The molecule has 1 aliphatic heterocycles. The summed E-state index contributed by atoms with van der Waals surface area (Å²) in [6.07, 6.45) is 0. The summed E-state index contributed by atoms with van der Waals surface area (Å²) in [6.45, 7) is 3.18. The van der Waals surface area contributed by atoms with Crippen LogP contribution >= 0.6 is 0 Å². The van der Waals surface area contributed by atoms with E-state index in [0.717, 1.165) is 5.56 Å². The van der Waals surface area contributed by atoms with E-state index < -0.39 is 11.9 Å². The van der Waals surface area contributed by atoms with E-state index >= 15 is 0 Å². The average molecular weight is 262 g/mol. The SMILES string of the molecule is CC(C(=O)O)C1CN(C(=O)c2ccc(CN)cc2)C1. The number of carbonyl (C=O) groups excluding carboxylic acids is 1. The molecule has 0 saturated carbocycles. The topological polar surface area (TPSA) is 83.6 Å². The second kappa shape index (κ2) is 5.40. The first-order valence-corrected chi connectivity index (χ1v) is 6.34. The van der Waals surface area contributed by atoms with Crippen LogP contribution in [0.2, 0.25) is 0 Å². The zero-order chi connectivity index (χ0) is 14.0. The molecule has 5 heteroatoms. The van der Waals surface area contributed by atoms with Gasteiger partial charge in [0.1, 0.15) is 0 Å². The van der Waals surface area contributed by atoms with Crippen molar-refractivity contribution in [3.63, 3.8) is 0 Å². The molecule has 2 rings (SSSR count). The molecule has 102 valence electrons. The molecule has 19 heavy (non-hydrogen) atoms. The number of nitrogens with two attached hydrogens (primary N) is 1. The number of amides is 1. The highest BCUT2D eigenvalue weighted by atomic mass is 16.4. The molecule has 1 amide bonds. The van der Waals surface area contributed by atoms with Gasteiger partial charge in [0.05, 0.1) is 5.92 Å². The van der Waals surface area contributed by atoms with Crippen LogP contribution in [0.3, 0.4) is 0 Å². The number of benzene rings is 1. The first kappa shape index (κ1) is 13.5. The highest BCUT2D eigenvalue weighted by Gasteiger charge is 2.37. The molecule has 5 nitrogen and oxygen atoms in total. The number of carboxylic acids is 1. The van der Waals surface area contributed by atoms with Gasteiger partial charge in [-0.1, -0.05) is 19.1 Å². The normalized spacial score (nSPS) is 16.8. The summed E-state index contributed by atoms with van der Waals surface area (Å²) in [5, 5.41) is 8.90. The van der Waals surface area contributed by atoms with E-state index in [4.69, 9.17) is 10.8 Å². The minimum Gasteiger partial charge on any atom is -0.481 e. The average Bonchev–Trinajstić information content (AvgIpc) is 2.36. The van der Waals surface area contributed by atoms with Crippen molar-refractivity contribution >= 4 is 11.9 Å². The lowest BCUT2D eigenvalue weighted by atomic mass is 9.86. The lowest BCUT2D eigenvalue weighted by molar-refractivity contribution is -0.144. The second-order valence-corrected chi connectivity index (χ2v) is 5.00. The fraction of sp³-hybridized carbons (Fsp3) is 0.429. The monoisotopic (exact) mass is 262 g/mol. The van der Waals surface area contributed by atoms with Crippen LogP contribution in [-0.4, -0.2) is 35.0 Å². The van der Waals surface area contributed by atoms with Crippen LogP contribution in [-0.2, 0) is 11.3 Å². The fourth-order valence-electron chi connectivity index (χ4n) is 2.16. The molecule has 0 aromatic heterocycles. The van der Waals surface area contributed by atoms with Gasteiger partial charge in [0.25, 0.3) is 5.91 Å². The van der Waals surface area contributed by atoms with Crippen molar-refractivity contribution in [2.24, 2.45) is 17.6 Å². The summed E-state index contributed by atoms with van der Waals surface area (Å²) in [5.41, 5.74) is 7.11. The molecule has 1 aromatic rings. The van der Waals surface area contributed by atoms with Crippen molar-refractivity contribution in [1.29, 1.82) is 0 Å². The Labute approximate surface area is 112 Å². The van der Waals surface area contributed by atoms with Crippen molar-refractivity contribution in [2.45, 2.75) is 13.5 Å². The third kappa shape index (κ3) is 2.76. The lowest BCUT2D eigenvalue weighted by Gasteiger charge is -2.41. The van der Waals surface area contributed by atoms with Gasteiger partial charge in [-0.25, -0.2) is 0 Å². The van der Waals surface area contributed by atoms with Gasteiger partial charge < -0.3 is 15.7 Å². The van der Waals surface area contributed by atoms with Crippen LogP contribution in [0.5, 0.6) is 0 Å². The molecule has 1 fully saturated rings. The number of aliphatic carboxylic acids is 1. The molecule has 0 spiro atoms. The molecule has 1 atom stereocenters. The Bertz CT molecular complexity index is 478. The predicted octanol–water partition coefficient (Wildman–Crippen LogP) is 0.938. The minimum atomic E-state index is -0.801. The van der Waals surface area contributed by atoms with Crippen LogP contribution in [0.15, 0.2) is 24.3 Å². The van der Waals surface area contributed by atoms with Gasteiger partial charge in [-0.2, -0.15) is 0 Å². The molecule has 3 N–H and O–H groups in total. The van der Waals surface area contributed by atoms with E-state index in [1.54, 1.807) is 24.0 Å². The van der Waals surface area contributed by atoms with E-state index in [-0.39, 0.29) is 11.8 Å². The molecular formula is C14H18N2O3. The molecule has 0 bridgehead atoms. The van der Waals surface area contributed by atoms with Crippen molar-refractivity contribution in [3.8, 4) is 0 Å². The summed E-state index contributed by atoms with van der Waals surface area (Å²) in [6, 6.07) is 7.20. The molecule has 1 heterocycles. The molecule has 1 saturated heterocycles. The van der Waals surface area contributed by atoms with Gasteiger partial charge in [0, 0.05) is 31.1 Å². The maximum atomic E-state index is 12.1. The number of nitrogens with zero attached hydrogens (tertiary/aromatic N) is 1. The quantitative estimate of drug-likeness (QED) is 0.845. The third-order valence-electron chi connectivity index (χ3n) is 3.73. The smallest absolute Gasteiger partial charge is 0.306 e. The Morgan fingerprint density at radius 3 is 2.42 bits per heavy atom. The van der Waals surface area contributed by atoms with Gasteiger partial charge in [-0.05, 0) is 17.7 Å². The van der Waals surface area contributed by atoms with Crippen LogP contribution in [0.1, 0.15) is 22.8 Å². The first-order chi connectivity index (χ1) is 9.02. The standard InChI is InChI=1S/C14H18N2O3/c1-9(14(18)19)12-7-16(8-12)13(17)11-4-2-10(6-15)3-5-11/h2-5,9,12H,6-8,15H2,1H3,(H,18,19). The number of hydrogen-bond donors (Lipinski definition) is 2. The summed E-state index contributed by atoms with van der Waals surface area (Å²) >= 11 is 0. The van der Waals surface area contributed by atoms with E-state index in [1.165, 1.54) is 0 Å². The molecule has 0 radical (unpaired) electrons. The summed E-state index contributed by atoms with van der Waals surface area (Å²) in [7, 11) is 0. The van der Waals surface area contributed by atoms with Crippen molar-refractivity contribution < 1.29 is 14.7 Å². The van der Waals surface area contributed by atoms with Gasteiger partial charge in [0.2, 0.25) is 0 Å². The Balaban J connectivity index is 1.94. The number of hydrogen-bond acceptors (Lipinski definition) is 3. The molecule has 1 aromatic carbocycles. The van der Waals surface area contributed by atoms with E-state index in [2.05, 4.69) is 0 Å². The van der Waals surface area contributed by atoms with Crippen LogP contribution in [0.4, 0.5) is 0 Å². The fourth-order valence-corrected chi connectivity index (χ4v) is 2.16. The van der Waals surface area contributed by atoms with E-state index in [0.29, 0.717) is 25.2 Å². The van der Waals surface area contributed by atoms with Gasteiger partial charge in [0.15, 0.2) is 0 Å².